The number of rotatable bonds is 9. The minimum Gasteiger partial charge on any atom is -0.477 e. The summed E-state index contributed by atoms with van der Waals surface area (Å²) in [5.74, 6) is 5.39. The predicted molar refractivity (Wildman–Crippen MR) is 111 cm³/mol. The third-order valence-electron chi connectivity index (χ3n) is 4.91. The summed E-state index contributed by atoms with van der Waals surface area (Å²) in [5, 5.41) is 19.3. The number of amides is 1. The zero-order valence-electron chi connectivity index (χ0n) is 16.6. The Morgan fingerprint density at radius 2 is 2.21 bits per heavy atom. The van der Waals surface area contributed by atoms with Gasteiger partial charge in [-0.2, -0.15) is 0 Å². The van der Waals surface area contributed by atoms with Gasteiger partial charge in [0, 0.05) is 30.7 Å². The minimum absolute atomic E-state index is 0.0222. The number of aliphatic hydroxyl groups is 1. The number of aliphatic hydroxyl groups excluding tert-OH is 1. The van der Waals surface area contributed by atoms with Gasteiger partial charge in [-0.05, 0) is 37.3 Å². The van der Waals surface area contributed by atoms with Crippen LogP contribution in [-0.4, -0.2) is 45.7 Å². The molecule has 1 aromatic rings. The first-order valence-electron chi connectivity index (χ1n) is 9.86. The van der Waals surface area contributed by atoms with Gasteiger partial charge < -0.3 is 15.1 Å². The summed E-state index contributed by atoms with van der Waals surface area (Å²) >= 11 is 1.29. The highest BCUT2D eigenvalue weighted by molar-refractivity contribution is 7.13. The van der Waals surface area contributed by atoms with Crippen LogP contribution in [0.5, 0.6) is 0 Å². The van der Waals surface area contributed by atoms with E-state index in [1.54, 1.807) is 12.1 Å². The van der Waals surface area contributed by atoms with Crippen molar-refractivity contribution in [1.82, 2.24) is 4.90 Å². The number of hydrogen-bond acceptors (Lipinski definition) is 4. The molecule has 0 aromatic carbocycles. The van der Waals surface area contributed by atoms with E-state index in [0.717, 1.165) is 30.6 Å². The van der Waals surface area contributed by atoms with Crippen molar-refractivity contribution in [3.05, 3.63) is 34.0 Å². The molecule has 0 spiro atoms. The fourth-order valence-corrected chi connectivity index (χ4v) is 4.10. The molecule has 1 aliphatic rings. The highest BCUT2D eigenvalue weighted by Crippen LogP contribution is 2.23. The number of aryl methyl sites for hydroxylation is 1. The molecule has 0 saturated carbocycles. The lowest BCUT2D eigenvalue weighted by Crippen LogP contribution is -2.33. The normalized spacial score (nSPS) is 18.9. The topological polar surface area (TPSA) is 77.8 Å². The van der Waals surface area contributed by atoms with Gasteiger partial charge in [0.05, 0.1) is 12.1 Å². The zero-order valence-corrected chi connectivity index (χ0v) is 17.4. The first kappa shape index (κ1) is 22.2. The van der Waals surface area contributed by atoms with Crippen molar-refractivity contribution >= 4 is 23.2 Å². The third-order valence-corrected chi connectivity index (χ3v) is 6.04. The minimum atomic E-state index is -0.898. The Morgan fingerprint density at radius 1 is 1.43 bits per heavy atom. The van der Waals surface area contributed by atoms with Crippen molar-refractivity contribution in [2.45, 2.75) is 64.5 Å². The molecule has 1 unspecified atom stereocenters. The first-order chi connectivity index (χ1) is 13.4. The van der Waals surface area contributed by atoms with Gasteiger partial charge in [0.1, 0.15) is 4.88 Å². The van der Waals surface area contributed by atoms with Crippen LogP contribution >= 0.6 is 11.3 Å². The molecule has 2 heterocycles. The van der Waals surface area contributed by atoms with Crippen molar-refractivity contribution in [3.8, 4) is 11.8 Å². The second-order valence-electron chi connectivity index (χ2n) is 7.13. The molecule has 2 rings (SSSR count). The summed E-state index contributed by atoms with van der Waals surface area (Å²) < 4.78 is 0. The number of carboxylic acids is 1. The van der Waals surface area contributed by atoms with Gasteiger partial charge in [0.15, 0.2) is 0 Å². The third kappa shape index (κ3) is 6.50. The standard InChI is InChI=1S/C22H29NO4S/c1-3-4-5-7-16(2)19(24)12-9-17-10-14-21(25)23(17)15-6-8-18-11-13-20(28-18)22(26)27/h9,11-13,16-17,19,24H,3,6-8,10,14-15H2,1-2H3,(H,26,27)/b12-9+/t16?,17-,19-/m0/s1. The number of thiophene rings is 1. The Hall–Kier alpha value is -2.10. The molecule has 1 aromatic heterocycles. The lowest BCUT2D eigenvalue weighted by Gasteiger charge is -2.23. The van der Waals surface area contributed by atoms with Gasteiger partial charge in [-0.1, -0.05) is 26.0 Å². The number of carbonyl (C=O) groups is 2. The number of carbonyl (C=O) groups excluding carboxylic acids is 1. The number of nitrogens with zero attached hydrogens (tertiary/aromatic N) is 1. The fourth-order valence-electron chi connectivity index (χ4n) is 3.21. The van der Waals surface area contributed by atoms with E-state index < -0.39 is 12.1 Å². The van der Waals surface area contributed by atoms with Crippen molar-refractivity contribution in [2.24, 2.45) is 5.92 Å². The Bertz CT molecular complexity index is 758. The molecule has 0 radical (unpaired) electrons. The van der Waals surface area contributed by atoms with Crippen LogP contribution < -0.4 is 0 Å². The van der Waals surface area contributed by atoms with E-state index in [1.165, 1.54) is 11.3 Å². The van der Waals surface area contributed by atoms with Crippen molar-refractivity contribution in [1.29, 1.82) is 0 Å². The largest absolute Gasteiger partial charge is 0.477 e. The van der Waals surface area contributed by atoms with Gasteiger partial charge in [-0.15, -0.1) is 23.2 Å². The maximum atomic E-state index is 12.2. The SMILES string of the molecule is CCC#CCC(C)[C@@H](O)/C=C/[C@H]1CCC(=O)N1CCCc1ccc(C(=O)O)s1. The number of likely N-dealkylation sites (tertiary alicyclic amines) is 1. The van der Waals surface area contributed by atoms with E-state index >= 15 is 0 Å². The van der Waals surface area contributed by atoms with Crippen molar-refractivity contribution < 1.29 is 19.8 Å². The molecule has 6 heteroatoms. The molecule has 1 amide bonds. The fraction of sp³-hybridized carbons (Fsp3) is 0.545. The Kier molecular flexibility index (Phi) is 8.75. The van der Waals surface area contributed by atoms with Gasteiger partial charge in [0.2, 0.25) is 5.91 Å². The van der Waals surface area contributed by atoms with E-state index in [1.807, 2.05) is 30.9 Å². The number of hydrogen-bond donors (Lipinski definition) is 2. The molecule has 5 nitrogen and oxygen atoms in total. The van der Waals surface area contributed by atoms with E-state index in [0.29, 0.717) is 24.3 Å². The van der Waals surface area contributed by atoms with E-state index in [2.05, 4.69) is 11.8 Å². The lowest BCUT2D eigenvalue weighted by atomic mass is 10.00. The summed E-state index contributed by atoms with van der Waals surface area (Å²) in [5.41, 5.74) is 0. The molecule has 152 valence electrons. The van der Waals surface area contributed by atoms with Crippen LogP contribution in [0.2, 0.25) is 0 Å². The Balaban J connectivity index is 1.85. The monoisotopic (exact) mass is 403 g/mol. The first-order valence-corrected chi connectivity index (χ1v) is 10.7. The average molecular weight is 404 g/mol. The van der Waals surface area contributed by atoms with Gasteiger partial charge in [-0.25, -0.2) is 4.79 Å². The molecule has 0 bridgehead atoms. The van der Waals surface area contributed by atoms with E-state index in [-0.39, 0.29) is 17.9 Å². The molecule has 1 saturated heterocycles. The Labute approximate surface area is 171 Å². The maximum Gasteiger partial charge on any atom is 0.345 e. The van der Waals surface area contributed by atoms with Crippen molar-refractivity contribution in [2.75, 3.05) is 6.54 Å². The molecule has 0 aliphatic carbocycles. The predicted octanol–water partition coefficient (Wildman–Crippen LogP) is 3.73. The van der Waals surface area contributed by atoms with Crippen LogP contribution in [0.25, 0.3) is 0 Å². The van der Waals surface area contributed by atoms with Gasteiger partial charge in [0.25, 0.3) is 0 Å². The average Bonchev–Trinajstić information content (AvgIpc) is 3.27. The number of carboxylic acid groups (broad SMARTS) is 1. The highest BCUT2D eigenvalue weighted by atomic mass is 32.1. The summed E-state index contributed by atoms with van der Waals surface area (Å²) in [6.07, 6.45) is 7.52. The summed E-state index contributed by atoms with van der Waals surface area (Å²) in [6, 6.07) is 3.49. The van der Waals surface area contributed by atoms with Crippen LogP contribution in [0.1, 0.15) is 60.5 Å². The quantitative estimate of drug-likeness (QED) is 0.486. The summed E-state index contributed by atoms with van der Waals surface area (Å²) in [6.45, 7) is 4.62. The van der Waals surface area contributed by atoms with Crippen LogP contribution in [-0.2, 0) is 11.2 Å². The van der Waals surface area contributed by atoms with Crippen LogP contribution in [0, 0.1) is 17.8 Å². The summed E-state index contributed by atoms with van der Waals surface area (Å²) in [7, 11) is 0. The van der Waals surface area contributed by atoms with Gasteiger partial charge in [-0.3, -0.25) is 4.79 Å². The molecule has 3 atom stereocenters. The van der Waals surface area contributed by atoms with Crippen molar-refractivity contribution in [3.63, 3.8) is 0 Å². The zero-order chi connectivity index (χ0) is 20.5. The van der Waals surface area contributed by atoms with E-state index in [4.69, 9.17) is 5.11 Å². The molecule has 2 N–H and O–H groups in total. The van der Waals surface area contributed by atoms with Crippen LogP contribution in [0.4, 0.5) is 0 Å². The Morgan fingerprint density at radius 3 is 2.89 bits per heavy atom. The second kappa shape index (κ2) is 11.0. The highest BCUT2D eigenvalue weighted by Gasteiger charge is 2.28. The smallest absolute Gasteiger partial charge is 0.345 e. The summed E-state index contributed by atoms with van der Waals surface area (Å²) in [4.78, 5) is 26.4. The van der Waals surface area contributed by atoms with E-state index in [9.17, 15) is 14.7 Å². The molecule has 28 heavy (non-hydrogen) atoms. The van der Waals surface area contributed by atoms with Gasteiger partial charge >= 0.3 is 5.97 Å². The molecule has 1 aliphatic heterocycles. The second-order valence-corrected chi connectivity index (χ2v) is 8.30. The molecular formula is C22H29NO4S. The molecular weight excluding hydrogens is 374 g/mol. The maximum absolute atomic E-state index is 12.2. The van der Waals surface area contributed by atoms with Crippen LogP contribution in [0.3, 0.4) is 0 Å². The lowest BCUT2D eigenvalue weighted by molar-refractivity contribution is -0.128. The molecule has 1 fully saturated rings. The van der Waals surface area contributed by atoms with Crippen LogP contribution in [0.15, 0.2) is 24.3 Å². The number of aromatic carboxylic acids is 1.